The van der Waals surface area contributed by atoms with Gasteiger partial charge in [-0.1, -0.05) is 30.8 Å². The number of nitrogens with one attached hydrogen (secondary N) is 1. The summed E-state index contributed by atoms with van der Waals surface area (Å²) in [5, 5.41) is 11.7. The fraction of sp³-hybridized carbons (Fsp3) is 0.444. The zero-order valence-electron chi connectivity index (χ0n) is 15.3. The van der Waals surface area contributed by atoms with Crippen LogP contribution in [0.1, 0.15) is 32.1 Å². The van der Waals surface area contributed by atoms with Crippen molar-refractivity contribution in [2.45, 2.75) is 37.9 Å². The Morgan fingerprint density at radius 2 is 2.15 bits per heavy atom. The van der Waals surface area contributed by atoms with Gasteiger partial charge >= 0.3 is 0 Å². The normalized spacial score (nSPS) is 12.4. The standard InChI is InChI=1S/C18H24N6OS/c1-4-7-16-21-14-8-5-6-9-15(14)24(16)13(2)17(25)19-10-11-26-18-22-20-12-23(18)3/h5-6,8-9,12-13H,4,7,10-11H2,1-3H3,(H,19,25)/t13-/m1/s1. The van der Waals surface area contributed by atoms with Crippen LogP contribution in [-0.4, -0.2) is 42.5 Å². The first-order valence-electron chi connectivity index (χ1n) is 8.82. The van der Waals surface area contributed by atoms with Gasteiger partial charge in [0.05, 0.1) is 11.0 Å². The molecule has 7 nitrogen and oxygen atoms in total. The van der Waals surface area contributed by atoms with E-state index in [-0.39, 0.29) is 11.9 Å². The number of aromatic nitrogens is 5. The molecule has 0 aliphatic rings. The lowest BCUT2D eigenvalue weighted by Gasteiger charge is -2.17. The summed E-state index contributed by atoms with van der Waals surface area (Å²) in [4.78, 5) is 17.4. The fourth-order valence-electron chi connectivity index (χ4n) is 2.91. The van der Waals surface area contributed by atoms with E-state index in [2.05, 4.69) is 27.0 Å². The smallest absolute Gasteiger partial charge is 0.242 e. The molecule has 8 heteroatoms. The van der Waals surface area contributed by atoms with Crippen LogP contribution in [0.3, 0.4) is 0 Å². The molecule has 1 N–H and O–H groups in total. The summed E-state index contributed by atoms with van der Waals surface area (Å²) in [5.41, 5.74) is 1.94. The van der Waals surface area contributed by atoms with Gasteiger partial charge in [-0.2, -0.15) is 0 Å². The number of rotatable bonds is 8. The Kier molecular flexibility index (Phi) is 5.92. The summed E-state index contributed by atoms with van der Waals surface area (Å²) in [6.07, 6.45) is 3.52. The highest BCUT2D eigenvalue weighted by molar-refractivity contribution is 7.99. The SMILES string of the molecule is CCCc1nc2ccccc2n1[C@H](C)C(=O)NCCSc1nncn1C. The molecule has 3 aromatic rings. The highest BCUT2D eigenvalue weighted by Gasteiger charge is 2.20. The zero-order chi connectivity index (χ0) is 18.5. The fourth-order valence-corrected chi connectivity index (χ4v) is 3.65. The molecule has 1 amide bonds. The molecule has 0 saturated carbocycles. The van der Waals surface area contributed by atoms with E-state index >= 15 is 0 Å². The first-order chi connectivity index (χ1) is 12.6. The molecule has 0 bridgehead atoms. The Balaban J connectivity index is 1.65. The molecule has 1 aromatic carbocycles. The summed E-state index contributed by atoms with van der Waals surface area (Å²) in [6, 6.07) is 7.67. The Morgan fingerprint density at radius 3 is 2.88 bits per heavy atom. The molecular weight excluding hydrogens is 348 g/mol. The summed E-state index contributed by atoms with van der Waals surface area (Å²) < 4.78 is 3.92. The second kappa shape index (κ2) is 8.35. The van der Waals surface area contributed by atoms with Crippen LogP contribution in [0.5, 0.6) is 0 Å². The van der Waals surface area contributed by atoms with Crippen molar-refractivity contribution in [1.29, 1.82) is 0 Å². The quantitative estimate of drug-likeness (QED) is 0.486. The van der Waals surface area contributed by atoms with Crippen LogP contribution < -0.4 is 5.32 Å². The molecule has 26 heavy (non-hydrogen) atoms. The van der Waals surface area contributed by atoms with Crippen LogP contribution in [0.4, 0.5) is 0 Å². The summed E-state index contributed by atoms with van der Waals surface area (Å²) in [6.45, 7) is 4.63. The van der Waals surface area contributed by atoms with E-state index in [1.54, 1.807) is 18.1 Å². The number of thioether (sulfide) groups is 1. The molecule has 0 aliphatic heterocycles. The number of hydrogen-bond acceptors (Lipinski definition) is 5. The summed E-state index contributed by atoms with van der Waals surface area (Å²) in [5.74, 6) is 1.71. The van der Waals surface area contributed by atoms with Gasteiger partial charge in [-0.15, -0.1) is 10.2 Å². The van der Waals surface area contributed by atoms with Crippen LogP contribution in [0.2, 0.25) is 0 Å². The number of carbonyl (C=O) groups excluding carboxylic acids is 1. The van der Waals surface area contributed by atoms with Gasteiger partial charge in [-0.25, -0.2) is 4.98 Å². The van der Waals surface area contributed by atoms with Crippen molar-refractivity contribution in [1.82, 2.24) is 29.6 Å². The van der Waals surface area contributed by atoms with Gasteiger partial charge < -0.3 is 14.5 Å². The third-order valence-corrected chi connectivity index (χ3v) is 5.25. The molecule has 2 heterocycles. The van der Waals surface area contributed by atoms with Gasteiger partial charge in [0.1, 0.15) is 18.2 Å². The number of hydrogen-bond donors (Lipinski definition) is 1. The highest BCUT2D eigenvalue weighted by Crippen LogP contribution is 2.22. The molecule has 1 atom stereocenters. The zero-order valence-corrected chi connectivity index (χ0v) is 16.2. The second-order valence-corrected chi connectivity index (χ2v) is 7.24. The Labute approximate surface area is 157 Å². The van der Waals surface area contributed by atoms with E-state index in [4.69, 9.17) is 4.98 Å². The predicted molar refractivity (Wildman–Crippen MR) is 103 cm³/mol. The predicted octanol–water partition coefficient (Wildman–Crippen LogP) is 2.59. The third-order valence-electron chi connectivity index (χ3n) is 4.21. The molecule has 0 aliphatic carbocycles. The lowest BCUT2D eigenvalue weighted by atomic mass is 10.2. The topological polar surface area (TPSA) is 77.6 Å². The highest BCUT2D eigenvalue weighted by atomic mass is 32.2. The average molecular weight is 372 g/mol. The van der Waals surface area contributed by atoms with E-state index in [1.165, 1.54) is 0 Å². The average Bonchev–Trinajstić information content (AvgIpc) is 3.21. The van der Waals surface area contributed by atoms with Crippen molar-refractivity contribution in [3.05, 3.63) is 36.4 Å². The Morgan fingerprint density at radius 1 is 1.35 bits per heavy atom. The number of aryl methyl sites for hydroxylation is 2. The van der Waals surface area contributed by atoms with Crippen molar-refractivity contribution in [2.24, 2.45) is 7.05 Å². The van der Waals surface area contributed by atoms with Crippen LogP contribution in [-0.2, 0) is 18.3 Å². The van der Waals surface area contributed by atoms with Gasteiger partial charge in [0, 0.05) is 25.8 Å². The molecule has 0 radical (unpaired) electrons. The number of carbonyl (C=O) groups is 1. The van der Waals surface area contributed by atoms with E-state index in [0.29, 0.717) is 6.54 Å². The van der Waals surface area contributed by atoms with Gasteiger partial charge in [0.25, 0.3) is 0 Å². The second-order valence-electron chi connectivity index (χ2n) is 6.18. The van der Waals surface area contributed by atoms with Crippen LogP contribution in [0.25, 0.3) is 11.0 Å². The van der Waals surface area contributed by atoms with Crippen molar-refractivity contribution < 1.29 is 4.79 Å². The lowest BCUT2D eigenvalue weighted by Crippen LogP contribution is -2.33. The number of fused-ring (bicyclic) bond motifs is 1. The number of amides is 1. The number of imidazole rings is 1. The Bertz CT molecular complexity index is 887. The molecule has 0 unspecified atom stereocenters. The van der Waals surface area contributed by atoms with Gasteiger partial charge in [-0.3, -0.25) is 4.79 Å². The molecule has 3 rings (SSSR count). The molecule has 2 aromatic heterocycles. The van der Waals surface area contributed by atoms with E-state index in [9.17, 15) is 4.79 Å². The van der Waals surface area contributed by atoms with Crippen LogP contribution >= 0.6 is 11.8 Å². The van der Waals surface area contributed by atoms with Crippen molar-refractivity contribution in [3.8, 4) is 0 Å². The molecule has 0 spiro atoms. The molecular formula is C18H24N6OS. The monoisotopic (exact) mass is 372 g/mol. The van der Waals surface area contributed by atoms with Crippen LogP contribution in [0, 0.1) is 0 Å². The van der Waals surface area contributed by atoms with E-state index < -0.39 is 0 Å². The van der Waals surface area contributed by atoms with Crippen LogP contribution in [0.15, 0.2) is 35.7 Å². The maximum atomic E-state index is 12.7. The van der Waals surface area contributed by atoms with E-state index in [0.717, 1.165) is 40.6 Å². The van der Waals surface area contributed by atoms with Gasteiger partial charge in [0.15, 0.2) is 5.16 Å². The minimum Gasteiger partial charge on any atom is -0.353 e. The summed E-state index contributed by atoms with van der Waals surface area (Å²) in [7, 11) is 1.91. The third kappa shape index (κ3) is 3.90. The van der Waals surface area contributed by atoms with Crippen molar-refractivity contribution >= 4 is 28.7 Å². The number of benzene rings is 1. The minimum absolute atomic E-state index is 0.00377. The maximum Gasteiger partial charge on any atom is 0.242 e. The lowest BCUT2D eigenvalue weighted by molar-refractivity contribution is -0.123. The van der Waals surface area contributed by atoms with Gasteiger partial charge in [0.2, 0.25) is 5.91 Å². The number of nitrogens with zero attached hydrogens (tertiary/aromatic N) is 5. The first-order valence-corrected chi connectivity index (χ1v) is 9.80. The molecule has 138 valence electrons. The largest absolute Gasteiger partial charge is 0.353 e. The molecule has 0 saturated heterocycles. The summed E-state index contributed by atoms with van der Waals surface area (Å²) >= 11 is 1.57. The first kappa shape index (κ1) is 18.4. The Hall–Kier alpha value is -2.35. The van der Waals surface area contributed by atoms with E-state index in [1.807, 2.05) is 42.8 Å². The van der Waals surface area contributed by atoms with Gasteiger partial charge in [-0.05, 0) is 25.5 Å². The molecule has 0 fully saturated rings. The van der Waals surface area contributed by atoms with Crippen molar-refractivity contribution in [2.75, 3.05) is 12.3 Å². The minimum atomic E-state index is -0.302. The maximum absolute atomic E-state index is 12.7. The van der Waals surface area contributed by atoms with Crippen molar-refractivity contribution in [3.63, 3.8) is 0 Å². The number of para-hydroxylation sites is 2.